The highest BCUT2D eigenvalue weighted by atomic mass is 16.7. The highest BCUT2D eigenvalue weighted by molar-refractivity contribution is 5.76. The first-order chi connectivity index (χ1) is 35.3. The van der Waals surface area contributed by atoms with E-state index in [0.29, 0.717) is 6.42 Å². The van der Waals surface area contributed by atoms with Crippen LogP contribution in [0, 0.1) is 0 Å². The summed E-state index contributed by atoms with van der Waals surface area (Å²) < 4.78 is 11.2. The molecule has 0 radical (unpaired) electrons. The molecule has 0 aromatic carbocycles. The average Bonchev–Trinajstić information content (AvgIpc) is 3.38. The van der Waals surface area contributed by atoms with Crippen molar-refractivity contribution in [3.05, 3.63) is 36.5 Å². The maximum Gasteiger partial charge on any atom is 0.220 e. The normalized spacial score (nSPS) is 19.3. The van der Waals surface area contributed by atoms with Crippen molar-refractivity contribution in [2.45, 2.75) is 346 Å². The molecule has 72 heavy (non-hydrogen) atoms. The Bertz CT molecular complexity index is 1230. The maximum absolute atomic E-state index is 13.0. The Morgan fingerprint density at radius 3 is 1.19 bits per heavy atom. The molecule has 1 aliphatic heterocycles. The summed E-state index contributed by atoms with van der Waals surface area (Å²) in [6.45, 7) is 3.76. The van der Waals surface area contributed by atoms with E-state index < -0.39 is 49.5 Å². The lowest BCUT2D eigenvalue weighted by atomic mass is 9.99. The topological polar surface area (TPSA) is 149 Å². The van der Waals surface area contributed by atoms with Crippen molar-refractivity contribution in [2.24, 2.45) is 0 Å². The predicted molar refractivity (Wildman–Crippen MR) is 304 cm³/mol. The van der Waals surface area contributed by atoms with E-state index in [1.54, 1.807) is 6.08 Å². The fraction of sp³-hybridized carbons (Fsp3) is 0.889. The average molecular weight is 1020 g/mol. The fourth-order valence-corrected chi connectivity index (χ4v) is 10.0. The third-order valence-electron chi connectivity index (χ3n) is 15.0. The van der Waals surface area contributed by atoms with Crippen LogP contribution in [0.2, 0.25) is 0 Å². The number of ether oxygens (including phenoxy) is 2. The first-order valence-corrected chi connectivity index (χ1v) is 31.2. The molecule has 6 N–H and O–H groups in total. The van der Waals surface area contributed by atoms with Crippen molar-refractivity contribution < 1.29 is 39.8 Å². The molecule has 0 spiro atoms. The van der Waals surface area contributed by atoms with Gasteiger partial charge in [0.05, 0.1) is 25.4 Å². The molecule has 1 amide bonds. The monoisotopic (exact) mass is 1020 g/mol. The molecule has 0 aromatic heterocycles. The lowest BCUT2D eigenvalue weighted by Crippen LogP contribution is -2.60. The van der Waals surface area contributed by atoms with Crippen molar-refractivity contribution >= 4 is 5.91 Å². The lowest BCUT2D eigenvalue weighted by Gasteiger charge is -2.40. The molecule has 0 aliphatic carbocycles. The van der Waals surface area contributed by atoms with Crippen LogP contribution >= 0.6 is 0 Å². The van der Waals surface area contributed by atoms with Gasteiger partial charge in [-0.15, -0.1) is 0 Å². The zero-order valence-corrected chi connectivity index (χ0v) is 47.2. The van der Waals surface area contributed by atoms with Crippen LogP contribution in [0.3, 0.4) is 0 Å². The van der Waals surface area contributed by atoms with Crippen molar-refractivity contribution in [1.82, 2.24) is 5.32 Å². The molecule has 7 atom stereocenters. The fourth-order valence-electron chi connectivity index (χ4n) is 10.0. The summed E-state index contributed by atoms with van der Waals surface area (Å²) in [6, 6.07) is -0.800. The minimum absolute atomic E-state index is 0.174. The molecule has 1 rings (SSSR count). The molecule has 1 saturated heterocycles. The number of aliphatic hydroxyl groups excluding tert-OH is 5. The molecule has 9 heteroatoms. The highest BCUT2D eigenvalue weighted by Crippen LogP contribution is 2.23. The van der Waals surface area contributed by atoms with Crippen molar-refractivity contribution in [1.29, 1.82) is 0 Å². The Morgan fingerprint density at radius 1 is 0.472 bits per heavy atom. The van der Waals surface area contributed by atoms with Crippen LogP contribution in [0.5, 0.6) is 0 Å². The van der Waals surface area contributed by atoms with Gasteiger partial charge in [0.1, 0.15) is 24.4 Å². The van der Waals surface area contributed by atoms with E-state index in [-0.39, 0.29) is 12.5 Å². The standard InChI is InChI=1S/C63H119NO8/c1-3-5-7-9-11-13-15-16-17-18-19-20-21-22-23-24-25-26-27-28-29-30-31-32-33-34-35-36-37-38-39-40-41-42-43-45-47-49-51-53-59(67)64-56(55-71-63-62(70)61(69)60(68)58(54-65)72-63)57(66)52-50-48-46-44-14-12-10-8-6-4-2/h15-16,18-19,50,52,56-58,60-63,65-66,68-70H,3-14,17,20-49,51,53-55H2,1-2H3,(H,64,67)/b16-15-,19-18-,52-50+. The third-order valence-corrected chi connectivity index (χ3v) is 15.0. The van der Waals surface area contributed by atoms with E-state index in [2.05, 4.69) is 43.5 Å². The molecule has 1 aliphatic rings. The van der Waals surface area contributed by atoms with Gasteiger partial charge in [-0.1, -0.05) is 281 Å². The molecule has 7 unspecified atom stereocenters. The molecule has 9 nitrogen and oxygen atoms in total. The summed E-state index contributed by atoms with van der Waals surface area (Å²) in [4.78, 5) is 13.0. The minimum atomic E-state index is -1.56. The zero-order chi connectivity index (χ0) is 52.2. The van der Waals surface area contributed by atoms with E-state index in [1.165, 1.54) is 238 Å². The number of carbonyl (C=O) groups is 1. The number of nitrogens with one attached hydrogen (secondary N) is 1. The summed E-state index contributed by atoms with van der Waals surface area (Å²) in [5.74, 6) is -0.174. The molecule has 0 bridgehead atoms. The number of carbonyl (C=O) groups excluding carboxylic acids is 1. The second-order valence-corrected chi connectivity index (χ2v) is 21.9. The van der Waals surface area contributed by atoms with E-state index in [0.717, 1.165) is 44.9 Å². The molecular weight excluding hydrogens is 899 g/mol. The number of hydrogen-bond acceptors (Lipinski definition) is 8. The molecule has 424 valence electrons. The van der Waals surface area contributed by atoms with Crippen molar-refractivity contribution in [2.75, 3.05) is 13.2 Å². The summed E-state index contributed by atoms with van der Waals surface area (Å²) in [7, 11) is 0. The first-order valence-electron chi connectivity index (χ1n) is 31.2. The first kappa shape index (κ1) is 68.4. The summed E-state index contributed by atoms with van der Waals surface area (Å²) in [5, 5.41) is 54.3. The van der Waals surface area contributed by atoms with E-state index in [4.69, 9.17) is 9.47 Å². The third kappa shape index (κ3) is 41.6. The van der Waals surface area contributed by atoms with Crippen LogP contribution in [0.1, 0.15) is 303 Å². The van der Waals surface area contributed by atoms with Crippen molar-refractivity contribution in [3.63, 3.8) is 0 Å². The molecule has 1 heterocycles. The lowest BCUT2D eigenvalue weighted by molar-refractivity contribution is -0.302. The van der Waals surface area contributed by atoms with E-state index in [9.17, 15) is 30.3 Å². The van der Waals surface area contributed by atoms with Gasteiger partial charge in [-0.3, -0.25) is 4.79 Å². The van der Waals surface area contributed by atoms with Crippen LogP contribution in [-0.2, 0) is 14.3 Å². The predicted octanol–water partition coefficient (Wildman–Crippen LogP) is 15.9. The maximum atomic E-state index is 13.0. The summed E-state index contributed by atoms with van der Waals surface area (Å²) >= 11 is 0. The Morgan fingerprint density at radius 2 is 0.819 bits per heavy atom. The van der Waals surface area contributed by atoms with Crippen LogP contribution in [0.25, 0.3) is 0 Å². The number of amides is 1. The molecule has 0 aromatic rings. The summed E-state index contributed by atoms with van der Waals surface area (Å²) in [6.07, 6.45) is 62.7. The molecular formula is C63H119NO8. The van der Waals surface area contributed by atoms with Crippen LogP contribution in [-0.4, -0.2) is 87.5 Å². The number of unbranched alkanes of at least 4 members (excludes halogenated alkanes) is 40. The SMILES string of the molecule is CCCCCCC/C=C\C/C=C\CCCCCCCCCCCCCCCCCCCCCCCCCCCCCC(=O)NC(COC1OC(CO)C(O)C(O)C1O)C(O)/C=C/CCCCCCCCCC. The number of allylic oxidation sites excluding steroid dienone is 5. The Kier molecular flexibility index (Phi) is 50.2. The zero-order valence-electron chi connectivity index (χ0n) is 47.2. The second-order valence-electron chi connectivity index (χ2n) is 21.9. The number of aliphatic hydroxyl groups is 5. The van der Waals surface area contributed by atoms with Gasteiger partial charge < -0.3 is 40.3 Å². The van der Waals surface area contributed by atoms with E-state index >= 15 is 0 Å². The van der Waals surface area contributed by atoms with Gasteiger partial charge in [0.15, 0.2) is 6.29 Å². The van der Waals surface area contributed by atoms with Gasteiger partial charge in [-0.05, 0) is 51.4 Å². The molecule has 0 saturated carbocycles. The van der Waals surface area contributed by atoms with Crippen LogP contribution in [0.15, 0.2) is 36.5 Å². The largest absolute Gasteiger partial charge is 0.394 e. The highest BCUT2D eigenvalue weighted by Gasteiger charge is 2.44. The van der Waals surface area contributed by atoms with Crippen LogP contribution in [0.4, 0.5) is 0 Å². The van der Waals surface area contributed by atoms with Gasteiger partial charge in [-0.25, -0.2) is 0 Å². The van der Waals surface area contributed by atoms with Crippen LogP contribution < -0.4 is 5.32 Å². The Hall–Kier alpha value is -1.59. The number of hydrogen-bond donors (Lipinski definition) is 6. The second kappa shape index (κ2) is 52.8. The Balaban J connectivity index is 1.99. The minimum Gasteiger partial charge on any atom is -0.394 e. The van der Waals surface area contributed by atoms with Gasteiger partial charge >= 0.3 is 0 Å². The van der Waals surface area contributed by atoms with Gasteiger partial charge in [0, 0.05) is 6.42 Å². The van der Waals surface area contributed by atoms with Gasteiger partial charge in [-0.2, -0.15) is 0 Å². The van der Waals surface area contributed by atoms with Crippen molar-refractivity contribution in [3.8, 4) is 0 Å². The summed E-state index contributed by atoms with van der Waals surface area (Å²) in [5.41, 5.74) is 0. The molecule has 1 fully saturated rings. The van der Waals surface area contributed by atoms with E-state index in [1.807, 2.05) is 6.08 Å². The number of rotatable bonds is 54. The van der Waals surface area contributed by atoms with Gasteiger partial charge in [0.2, 0.25) is 5.91 Å². The quantitative estimate of drug-likeness (QED) is 0.0261. The Labute approximate surface area is 444 Å². The smallest absolute Gasteiger partial charge is 0.220 e. The van der Waals surface area contributed by atoms with Gasteiger partial charge in [0.25, 0.3) is 0 Å².